The molecule has 0 unspecified atom stereocenters. The summed E-state index contributed by atoms with van der Waals surface area (Å²) in [6.45, 7) is 4.08. The molecule has 0 amide bonds. The standard InChI is InChI=1S/C25H32N6OS/c1-30-14-16-31(17-15-30)25-29-22(18-8-10-20(32-2)11-9-18)23(33-25)21-12-13-26-24(28-21)27-19-6-4-3-5-7-19/h8-13,19H,3-7,14-17H2,1-2H3,(H,26,27,28). The van der Waals surface area contributed by atoms with Crippen LogP contribution in [0.2, 0.25) is 0 Å². The van der Waals surface area contributed by atoms with Gasteiger partial charge in [0.15, 0.2) is 5.13 Å². The number of anilines is 2. The van der Waals surface area contributed by atoms with Gasteiger partial charge in [-0.2, -0.15) is 0 Å². The molecule has 3 heterocycles. The van der Waals surface area contributed by atoms with Crippen LogP contribution in [0.25, 0.3) is 21.8 Å². The van der Waals surface area contributed by atoms with Gasteiger partial charge in [-0.15, -0.1) is 0 Å². The average molecular weight is 465 g/mol. The summed E-state index contributed by atoms with van der Waals surface area (Å²) in [7, 11) is 3.87. The molecule has 0 atom stereocenters. The zero-order valence-corrected chi connectivity index (χ0v) is 20.3. The van der Waals surface area contributed by atoms with Crippen LogP contribution in [0.1, 0.15) is 32.1 Å². The fraction of sp³-hybridized carbons (Fsp3) is 0.480. The molecule has 33 heavy (non-hydrogen) atoms. The highest BCUT2D eigenvalue weighted by atomic mass is 32.1. The topological polar surface area (TPSA) is 66.4 Å². The largest absolute Gasteiger partial charge is 0.497 e. The monoisotopic (exact) mass is 464 g/mol. The van der Waals surface area contributed by atoms with Crippen LogP contribution in [0.5, 0.6) is 5.75 Å². The first-order valence-corrected chi connectivity index (χ1v) is 12.7. The Bertz CT molecular complexity index is 1060. The first-order chi connectivity index (χ1) is 16.2. The maximum Gasteiger partial charge on any atom is 0.223 e. The maximum absolute atomic E-state index is 5.36. The Balaban J connectivity index is 1.48. The van der Waals surface area contributed by atoms with Crippen LogP contribution in [0, 0.1) is 0 Å². The molecule has 1 aliphatic heterocycles. The highest BCUT2D eigenvalue weighted by Crippen LogP contribution is 2.40. The Kier molecular flexibility index (Phi) is 6.73. The second kappa shape index (κ2) is 10.1. The molecule has 174 valence electrons. The van der Waals surface area contributed by atoms with E-state index in [1.807, 2.05) is 24.4 Å². The van der Waals surface area contributed by atoms with E-state index >= 15 is 0 Å². The van der Waals surface area contributed by atoms with E-state index in [1.54, 1.807) is 18.4 Å². The molecule has 0 radical (unpaired) electrons. The summed E-state index contributed by atoms with van der Waals surface area (Å²) in [5, 5.41) is 4.63. The van der Waals surface area contributed by atoms with Gasteiger partial charge in [-0.25, -0.2) is 15.0 Å². The molecule has 2 aromatic heterocycles. The van der Waals surface area contributed by atoms with E-state index in [-0.39, 0.29) is 0 Å². The number of nitrogens with zero attached hydrogens (tertiary/aromatic N) is 5. The smallest absolute Gasteiger partial charge is 0.223 e. The van der Waals surface area contributed by atoms with Gasteiger partial charge < -0.3 is 19.9 Å². The third-order valence-electron chi connectivity index (χ3n) is 6.58. The third kappa shape index (κ3) is 5.12. The van der Waals surface area contributed by atoms with Gasteiger partial charge >= 0.3 is 0 Å². The van der Waals surface area contributed by atoms with Crippen molar-refractivity contribution in [2.24, 2.45) is 0 Å². The van der Waals surface area contributed by atoms with E-state index in [4.69, 9.17) is 14.7 Å². The van der Waals surface area contributed by atoms with E-state index in [9.17, 15) is 0 Å². The normalized spacial score (nSPS) is 17.8. The molecular formula is C25H32N6OS. The van der Waals surface area contributed by atoms with Crippen molar-refractivity contribution in [3.05, 3.63) is 36.5 Å². The van der Waals surface area contributed by atoms with E-state index in [1.165, 1.54) is 32.1 Å². The van der Waals surface area contributed by atoms with Crippen molar-refractivity contribution in [2.75, 3.05) is 50.6 Å². The fourth-order valence-corrected chi connectivity index (χ4v) is 5.65. The van der Waals surface area contributed by atoms with E-state index in [0.717, 1.165) is 64.8 Å². The van der Waals surface area contributed by atoms with Crippen molar-refractivity contribution >= 4 is 22.4 Å². The number of piperazine rings is 1. The molecule has 7 nitrogen and oxygen atoms in total. The van der Waals surface area contributed by atoms with Gasteiger partial charge in [-0.05, 0) is 50.2 Å². The molecule has 5 rings (SSSR count). The van der Waals surface area contributed by atoms with Gasteiger partial charge in [-0.3, -0.25) is 0 Å². The molecule has 1 saturated heterocycles. The van der Waals surface area contributed by atoms with Crippen LogP contribution < -0.4 is 15.0 Å². The van der Waals surface area contributed by atoms with Gasteiger partial charge in [0, 0.05) is 44.0 Å². The van der Waals surface area contributed by atoms with Crippen LogP contribution in [0.4, 0.5) is 11.1 Å². The zero-order chi connectivity index (χ0) is 22.6. The molecule has 0 spiro atoms. The second-order valence-corrected chi connectivity index (χ2v) is 9.92. The molecule has 1 N–H and O–H groups in total. The number of nitrogens with one attached hydrogen (secondary N) is 1. The van der Waals surface area contributed by atoms with Crippen LogP contribution in [-0.2, 0) is 0 Å². The summed E-state index contributed by atoms with van der Waals surface area (Å²) in [6.07, 6.45) is 8.14. The van der Waals surface area contributed by atoms with E-state index in [0.29, 0.717) is 6.04 Å². The Hall–Kier alpha value is -2.71. The van der Waals surface area contributed by atoms with Gasteiger partial charge in [0.25, 0.3) is 0 Å². The number of hydrogen-bond acceptors (Lipinski definition) is 8. The Morgan fingerprint density at radius 3 is 2.45 bits per heavy atom. The highest BCUT2D eigenvalue weighted by molar-refractivity contribution is 7.19. The van der Waals surface area contributed by atoms with Crippen molar-refractivity contribution in [2.45, 2.75) is 38.1 Å². The lowest BCUT2D eigenvalue weighted by Crippen LogP contribution is -2.44. The number of benzene rings is 1. The Morgan fingerprint density at radius 2 is 1.73 bits per heavy atom. The molecule has 2 fully saturated rings. The summed E-state index contributed by atoms with van der Waals surface area (Å²) in [6, 6.07) is 10.6. The number of ether oxygens (including phenoxy) is 1. The number of methoxy groups -OCH3 is 1. The molecule has 1 aliphatic carbocycles. The summed E-state index contributed by atoms with van der Waals surface area (Å²) in [5.74, 6) is 1.56. The SMILES string of the molecule is COc1ccc(-c2nc(N3CCN(C)CC3)sc2-c2ccnc(NC3CCCCC3)n2)cc1. The molecule has 0 bridgehead atoms. The minimum atomic E-state index is 0.470. The predicted molar refractivity (Wildman–Crippen MR) is 135 cm³/mol. The van der Waals surface area contributed by atoms with E-state index < -0.39 is 0 Å². The summed E-state index contributed by atoms with van der Waals surface area (Å²) in [5.41, 5.74) is 2.97. The first-order valence-electron chi connectivity index (χ1n) is 11.9. The molecule has 2 aliphatic rings. The zero-order valence-electron chi connectivity index (χ0n) is 19.5. The van der Waals surface area contributed by atoms with Gasteiger partial charge in [-0.1, -0.05) is 30.6 Å². The minimum absolute atomic E-state index is 0.470. The molecule has 8 heteroatoms. The van der Waals surface area contributed by atoms with Crippen molar-refractivity contribution in [3.63, 3.8) is 0 Å². The first kappa shape index (κ1) is 22.1. The lowest BCUT2D eigenvalue weighted by atomic mass is 9.96. The number of likely N-dealkylation sites (N-methyl/N-ethyl adjacent to an activating group) is 1. The number of aromatic nitrogens is 3. The summed E-state index contributed by atoms with van der Waals surface area (Å²) in [4.78, 5) is 20.4. The predicted octanol–water partition coefficient (Wildman–Crippen LogP) is 4.77. The van der Waals surface area contributed by atoms with Gasteiger partial charge in [0.2, 0.25) is 5.95 Å². The van der Waals surface area contributed by atoms with Crippen molar-refractivity contribution in [1.29, 1.82) is 0 Å². The molecule has 3 aromatic rings. The van der Waals surface area contributed by atoms with Crippen LogP contribution in [0.3, 0.4) is 0 Å². The number of hydrogen-bond donors (Lipinski definition) is 1. The van der Waals surface area contributed by atoms with Crippen LogP contribution in [-0.4, -0.2) is 66.2 Å². The number of rotatable bonds is 6. The number of thiazole rings is 1. The van der Waals surface area contributed by atoms with Crippen molar-refractivity contribution in [3.8, 4) is 27.6 Å². The maximum atomic E-state index is 5.36. The van der Waals surface area contributed by atoms with Crippen LogP contribution >= 0.6 is 11.3 Å². The lowest BCUT2D eigenvalue weighted by Gasteiger charge is -2.32. The fourth-order valence-electron chi connectivity index (χ4n) is 4.54. The molecular weight excluding hydrogens is 432 g/mol. The van der Waals surface area contributed by atoms with Gasteiger partial charge in [0.05, 0.1) is 23.4 Å². The Labute approximate surface area is 199 Å². The quantitative estimate of drug-likeness (QED) is 0.563. The van der Waals surface area contributed by atoms with Crippen molar-refractivity contribution in [1.82, 2.24) is 19.9 Å². The second-order valence-electron chi connectivity index (χ2n) is 8.94. The van der Waals surface area contributed by atoms with Gasteiger partial charge in [0.1, 0.15) is 5.75 Å². The lowest BCUT2D eigenvalue weighted by molar-refractivity contribution is 0.313. The molecule has 1 saturated carbocycles. The summed E-state index contributed by atoms with van der Waals surface area (Å²) >= 11 is 1.73. The third-order valence-corrected chi connectivity index (χ3v) is 7.72. The van der Waals surface area contributed by atoms with Crippen molar-refractivity contribution < 1.29 is 4.74 Å². The summed E-state index contributed by atoms with van der Waals surface area (Å²) < 4.78 is 5.36. The van der Waals surface area contributed by atoms with E-state index in [2.05, 4.69) is 39.3 Å². The van der Waals surface area contributed by atoms with Crippen LogP contribution in [0.15, 0.2) is 36.5 Å². The Morgan fingerprint density at radius 1 is 0.970 bits per heavy atom. The molecule has 1 aromatic carbocycles. The average Bonchev–Trinajstić information content (AvgIpc) is 3.31. The minimum Gasteiger partial charge on any atom is -0.497 e. The highest BCUT2D eigenvalue weighted by Gasteiger charge is 2.23.